The van der Waals surface area contributed by atoms with Gasteiger partial charge in [-0.3, -0.25) is 4.79 Å². The number of benzene rings is 1. The zero-order valence-electron chi connectivity index (χ0n) is 11.6. The van der Waals surface area contributed by atoms with Gasteiger partial charge in [-0.05, 0) is 31.0 Å². The molecule has 1 unspecified atom stereocenters. The summed E-state index contributed by atoms with van der Waals surface area (Å²) in [5, 5.41) is 0. The molecule has 1 amide bonds. The van der Waals surface area contributed by atoms with Crippen LogP contribution >= 0.6 is 12.4 Å². The van der Waals surface area contributed by atoms with E-state index in [1.807, 2.05) is 30.3 Å². The molecule has 0 radical (unpaired) electrons. The molecule has 2 N–H and O–H groups in total. The maximum atomic E-state index is 12.3. The van der Waals surface area contributed by atoms with E-state index in [2.05, 4.69) is 4.98 Å². The maximum Gasteiger partial charge on any atom is 0.275 e. The van der Waals surface area contributed by atoms with Crippen LogP contribution in [0.2, 0.25) is 0 Å². The lowest BCUT2D eigenvalue weighted by Crippen LogP contribution is -2.30. The Morgan fingerprint density at radius 3 is 2.81 bits per heavy atom. The van der Waals surface area contributed by atoms with E-state index in [9.17, 15) is 4.79 Å². The minimum absolute atomic E-state index is 0. The van der Waals surface area contributed by atoms with Gasteiger partial charge in [-0.2, -0.15) is 0 Å². The fourth-order valence-electron chi connectivity index (χ4n) is 2.46. The Morgan fingerprint density at radius 1 is 1.38 bits per heavy atom. The van der Waals surface area contributed by atoms with Crippen molar-refractivity contribution in [1.29, 1.82) is 0 Å². The van der Waals surface area contributed by atoms with Gasteiger partial charge in [0.25, 0.3) is 5.91 Å². The Balaban J connectivity index is 0.00000161. The number of rotatable bonds is 3. The van der Waals surface area contributed by atoms with Crippen molar-refractivity contribution in [1.82, 2.24) is 9.88 Å². The highest BCUT2D eigenvalue weighted by Gasteiger charge is 2.27. The van der Waals surface area contributed by atoms with Crippen LogP contribution in [0.25, 0.3) is 11.5 Å². The zero-order chi connectivity index (χ0) is 13.9. The van der Waals surface area contributed by atoms with Crippen LogP contribution in [0.5, 0.6) is 0 Å². The number of aromatic nitrogens is 1. The van der Waals surface area contributed by atoms with Crippen LogP contribution in [-0.4, -0.2) is 35.4 Å². The Bertz CT molecular complexity index is 600. The van der Waals surface area contributed by atoms with Gasteiger partial charge in [0.15, 0.2) is 5.69 Å². The second kappa shape index (κ2) is 6.74. The van der Waals surface area contributed by atoms with Crippen LogP contribution in [0.15, 0.2) is 41.0 Å². The van der Waals surface area contributed by atoms with Crippen molar-refractivity contribution in [3.63, 3.8) is 0 Å². The second-order valence-electron chi connectivity index (χ2n) is 5.05. The molecule has 2 heterocycles. The average molecular weight is 308 g/mol. The van der Waals surface area contributed by atoms with Gasteiger partial charge in [0.05, 0.1) is 0 Å². The highest BCUT2D eigenvalue weighted by molar-refractivity contribution is 5.92. The summed E-state index contributed by atoms with van der Waals surface area (Å²) in [6.45, 7) is 2.08. The fourth-order valence-corrected chi connectivity index (χ4v) is 2.46. The van der Waals surface area contributed by atoms with Crippen molar-refractivity contribution in [2.24, 2.45) is 11.7 Å². The Labute approximate surface area is 129 Å². The number of hydrogen-bond acceptors (Lipinski definition) is 4. The van der Waals surface area contributed by atoms with E-state index < -0.39 is 0 Å². The minimum atomic E-state index is -0.0770. The number of hydrogen-bond donors (Lipinski definition) is 1. The summed E-state index contributed by atoms with van der Waals surface area (Å²) in [4.78, 5) is 18.4. The van der Waals surface area contributed by atoms with Crippen LogP contribution in [0.1, 0.15) is 16.9 Å². The summed E-state index contributed by atoms with van der Waals surface area (Å²) in [6.07, 6.45) is 2.39. The largest absolute Gasteiger partial charge is 0.444 e. The molecule has 1 aromatic heterocycles. The molecule has 0 bridgehead atoms. The summed E-state index contributed by atoms with van der Waals surface area (Å²) >= 11 is 0. The van der Waals surface area contributed by atoms with Crippen LogP contribution in [-0.2, 0) is 0 Å². The van der Waals surface area contributed by atoms with Crippen LogP contribution in [0, 0.1) is 5.92 Å². The molecule has 6 heteroatoms. The van der Waals surface area contributed by atoms with Crippen molar-refractivity contribution >= 4 is 18.3 Å². The van der Waals surface area contributed by atoms with E-state index in [-0.39, 0.29) is 18.3 Å². The molecular formula is C15H18ClN3O2. The molecule has 1 aromatic carbocycles. The topological polar surface area (TPSA) is 72.4 Å². The number of oxazole rings is 1. The Morgan fingerprint density at radius 2 is 2.14 bits per heavy atom. The summed E-state index contributed by atoms with van der Waals surface area (Å²) in [5.74, 6) is 0.801. The van der Waals surface area contributed by atoms with Crippen molar-refractivity contribution in [2.45, 2.75) is 6.42 Å². The van der Waals surface area contributed by atoms with E-state index in [0.717, 1.165) is 18.5 Å². The molecule has 5 nitrogen and oxygen atoms in total. The summed E-state index contributed by atoms with van der Waals surface area (Å²) in [5.41, 5.74) is 6.87. The number of likely N-dealkylation sites (tertiary alicyclic amines) is 1. The van der Waals surface area contributed by atoms with Gasteiger partial charge in [0, 0.05) is 18.7 Å². The predicted octanol–water partition coefficient (Wildman–Crippen LogP) is 2.18. The molecule has 1 aliphatic rings. The third-order valence-corrected chi connectivity index (χ3v) is 3.65. The molecule has 2 aromatic rings. The van der Waals surface area contributed by atoms with E-state index in [1.165, 1.54) is 6.26 Å². The number of nitrogens with two attached hydrogens (primary N) is 1. The molecule has 0 aliphatic carbocycles. The van der Waals surface area contributed by atoms with Gasteiger partial charge in [-0.15, -0.1) is 12.4 Å². The summed E-state index contributed by atoms with van der Waals surface area (Å²) in [6, 6.07) is 9.55. The third kappa shape index (κ3) is 3.25. The molecule has 21 heavy (non-hydrogen) atoms. The van der Waals surface area contributed by atoms with Gasteiger partial charge in [-0.25, -0.2) is 4.98 Å². The van der Waals surface area contributed by atoms with Crippen molar-refractivity contribution in [3.8, 4) is 11.5 Å². The lowest BCUT2D eigenvalue weighted by molar-refractivity contribution is 0.0782. The van der Waals surface area contributed by atoms with Crippen LogP contribution < -0.4 is 5.73 Å². The molecule has 1 atom stereocenters. The molecule has 112 valence electrons. The highest BCUT2D eigenvalue weighted by Crippen LogP contribution is 2.21. The molecule has 0 spiro atoms. The van der Waals surface area contributed by atoms with Crippen molar-refractivity contribution in [3.05, 3.63) is 42.3 Å². The van der Waals surface area contributed by atoms with E-state index >= 15 is 0 Å². The van der Waals surface area contributed by atoms with Gasteiger partial charge in [0.1, 0.15) is 6.26 Å². The molecular weight excluding hydrogens is 290 g/mol. The van der Waals surface area contributed by atoms with E-state index in [1.54, 1.807) is 4.90 Å². The monoisotopic (exact) mass is 307 g/mol. The van der Waals surface area contributed by atoms with Gasteiger partial charge < -0.3 is 15.1 Å². The van der Waals surface area contributed by atoms with Crippen molar-refractivity contribution < 1.29 is 9.21 Å². The second-order valence-corrected chi connectivity index (χ2v) is 5.05. The van der Waals surface area contributed by atoms with Crippen molar-refractivity contribution in [2.75, 3.05) is 19.6 Å². The summed E-state index contributed by atoms with van der Waals surface area (Å²) in [7, 11) is 0. The normalized spacial score (nSPS) is 17.6. The average Bonchev–Trinajstić information content (AvgIpc) is 3.17. The quantitative estimate of drug-likeness (QED) is 0.943. The SMILES string of the molecule is Cl.NCC1CCN(C(=O)c2coc(-c3ccccc3)n2)C1. The highest BCUT2D eigenvalue weighted by atomic mass is 35.5. The zero-order valence-corrected chi connectivity index (χ0v) is 12.4. The lowest BCUT2D eigenvalue weighted by Gasteiger charge is -2.13. The lowest BCUT2D eigenvalue weighted by atomic mass is 10.1. The third-order valence-electron chi connectivity index (χ3n) is 3.65. The standard InChI is InChI=1S/C15H17N3O2.ClH/c16-8-11-6-7-18(9-11)15(19)13-10-20-14(17-13)12-4-2-1-3-5-12;/h1-5,10-11H,6-9,16H2;1H. The van der Waals surface area contributed by atoms with Crippen LogP contribution in [0.3, 0.4) is 0 Å². The first-order valence-electron chi connectivity index (χ1n) is 6.78. The fraction of sp³-hybridized carbons (Fsp3) is 0.333. The molecule has 3 rings (SSSR count). The first kappa shape index (κ1) is 15.5. The van der Waals surface area contributed by atoms with Gasteiger partial charge in [0.2, 0.25) is 5.89 Å². The molecule has 1 aliphatic heterocycles. The smallest absolute Gasteiger partial charge is 0.275 e. The Kier molecular flexibility index (Phi) is 4.98. The van der Waals surface area contributed by atoms with Gasteiger partial charge in [-0.1, -0.05) is 18.2 Å². The molecule has 0 saturated carbocycles. The molecule has 1 saturated heterocycles. The minimum Gasteiger partial charge on any atom is -0.444 e. The number of amides is 1. The van der Waals surface area contributed by atoms with E-state index in [0.29, 0.717) is 30.6 Å². The Hall–Kier alpha value is -1.85. The summed E-state index contributed by atoms with van der Waals surface area (Å²) < 4.78 is 5.40. The number of carbonyl (C=O) groups is 1. The predicted molar refractivity (Wildman–Crippen MR) is 82.3 cm³/mol. The number of halogens is 1. The number of carbonyl (C=O) groups excluding carboxylic acids is 1. The first-order valence-corrected chi connectivity index (χ1v) is 6.78. The van der Waals surface area contributed by atoms with Gasteiger partial charge >= 0.3 is 0 Å². The van der Waals surface area contributed by atoms with E-state index in [4.69, 9.17) is 10.2 Å². The maximum absolute atomic E-state index is 12.3. The van der Waals surface area contributed by atoms with Crippen LogP contribution in [0.4, 0.5) is 0 Å². The molecule has 1 fully saturated rings. The first-order chi connectivity index (χ1) is 9.78. The number of nitrogens with zero attached hydrogens (tertiary/aromatic N) is 2.